The molecule has 5 heteroatoms. The molecule has 122 valence electrons. The van der Waals surface area contributed by atoms with Gasteiger partial charge >= 0.3 is 0 Å². The normalized spacial score (nSPS) is 12.0. The number of benzene rings is 2. The van der Waals surface area contributed by atoms with E-state index in [0.717, 1.165) is 5.56 Å². The van der Waals surface area contributed by atoms with Crippen molar-refractivity contribution in [1.29, 1.82) is 0 Å². The van der Waals surface area contributed by atoms with Gasteiger partial charge in [-0.1, -0.05) is 38.1 Å². The third-order valence-electron chi connectivity index (χ3n) is 3.63. The lowest BCUT2D eigenvalue weighted by Crippen LogP contribution is -2.21. The zero-order valence-electron chi connectivity index (χ0n) is 13.4. The summed E-state index contributed by atoms with van der Waals surface area (Å²) in [5, 5.41) is 22.7. The Labute approximate surface area is 135 Å². The lowest BCUT2D eigenvalue weighted by molar-refractivity contribution is -0.124. The number of rotatable bonds is 5. The number of phenols is 1. The number of hydrogen-bond acceptors (Lipinski definition) is 4. The maximum absolute atomic E-state index is 12.3. The number of nitrogens with one attached hydrogen (secondary N) is 1. The van der Waals surface area contributed by atoms with E-state index in [0.29, 0.717) is 11.3 Å². The van der Waals surface area contributed by atoms with Gasteiger partial charge in [-0.2, -0.15) is 0 Å². The second-order valence-electron chi connectivity index (χ2n) is 5.57. The Morgan fingerprint density at radius 2 is 1.87 bits per heavy atom. The van der Waals surface area contributed by atoms with Crippen molar-refractivity contribution in [3.8, 4) is 11.5 Å². The van der Waals surface area contributed by atoms with Crippen LogP contribution < -0.4 is 10.1 Å². The molecule has 1 unspecified atom stereocenters. The lowest BCUT2D eigenvalue weighted by atomic mass is 10.0. The molecular formula is C18H21NO4. The molecule has 0 saturated heterocycles. The maximum atomic E-state index is 12.3. The zero-order valence-corrected chi connectivity index (χ0v) is 13.4. The molecule has 0 bridgehead atoms. The standard InChI is InChI=1S/C18H21NO4/c1-11(2)12-8-9-15(20)14(10-12)19-18(22)17(21)13-6-4-5-7-16(13)23-3/h4-11,17,20-21H,1-3H3,(H,19,22). The van der Waals surface area contributed by atoms with Gasteiger partial charge in [0, 0.05) is 5.56 Å². The molecule has 5 nitrogen and oxygen atoms in total. The monoisotopic (exact) mass is 315 g/mol. The molecule has 0 aliphatic rings. The van der Waals surface area contributed by atoms with Gasteiger partial charge in [0.05, 0.1) is 12.8 Å². The van der Waals surface area contributed by atoms with E-state index in [1.54, 1.807) is 36.4 Å². The summed E-state index contributed by atoms with van der Waals surface area (Å²) in [5.74, 6) is 0.00128. The fourth-order valence-electron chi connectivity index (χ4n) is 2.25. The number of ether oxygens (including phenoxy) is 1. The van der Waals surface area contributed by atoms with E-state index in [-0.39, 0.29) is 17.4 Å². The summed E-state index contributed by atoms with van der Waals surface area (Å²) in [5.41, 5.74) is 1.62. The number of carbonyl (C=O) groups excluding carboxylic acids is 1. The van der Waals surface area contributed by atoms with Crippen LogP contribution in [0, 0.1) is 0 Å². The fourth-order valence-corrected chi connectivity index (χ4v) is 2.25. The molecule has 0 aliphatic carbocycles. The summed E-state index contributed by atoms with van der Waals surface area (Å²) >= 11 is 0. The number of para-hydroxylation sites is 1. The van der Waals surface area contributed by atoms with Crippen LogP contribution in [-0.2, 0) is 4.79 Å². The molecular weight excluding hydrogens is 294 g/mol. The highest BCUT2D eigenvalue weighted by Gasteiger charge is 2.22. The SMILES string of the molecule is COc1ccccc1C(O)C(=O)Nc1cc(C(C)C)ccc1O. The maximum Gasteiger partial charge on any atom is 0.258 e. The smallest absolute Gasteiger partial charge is 0.258 e. The van der Waals surface area contributed by atoms with Crippen LogP contribution in [0.3, 0.4) is 0 Å². The number of carbonyl (C=O) groups is 1. The van der Waals surface area contributed by atoms with Gasteiger partial charge < -0.3 is 20.3 Å². The highest BCUT2D eigenvalue weighted by molar-refractivity contribution is 5.96. The van der Waals surface area contributed by atoms with Crippen LogP contribution in [0.15, 0.2) is 42.5 Å². The largest absolute Gasteiger partial charge is 0.506 e. The molecule has 23 heavy (non-hydrogen) atoms. The number of amides is 1. The Morgan fingerprint density at radius 1 is 1.17 bits per heavy atom. The summed E-state index contributed by atoms with van der Waals surface area (Å²) < 4.78 is 5.15. The Morgan fingerprint density at radius 3 is 2.52 bits per heavy atom. The number of phenolic OH excluding ortho intramolecular Hbond substituents is 1. The van der Waals surface area contributed by atoms with Gasteiger partial charge in [0.2, 0.25) is 0 Å². The number of anilines is 1. The summed E-state index contributed by atoms with van der Waals surface area (Å²) in [6, 6.07) is 11.8. The molecule has 0 spiro atoms. The summed E-state index contributed by atoms with van der Waals surface area (Å²) in [6.45, 7) is 4.03. The van der Waals surface area contributed by atoms with Gasteiger partial charge in [0.25, 0.3) is 5.91 Å². The number of aromatic hydroxyl groups is 1. The predicted molar refractivity (Wildman–Crippen MR) is 88.8 cm³/mol. The van der Waals surface area contributed by atoms with Crippen LogP contribution in [0.2, 0.25) is 0 Å². The molecule has 0 aromatic heterocycles. The average molecular weight is 315 g/mol. The van der Waals surface area contributed by atoms with Gasteiger partial charge in [-0.05, 0) is 29.7 Å². The summed E-state index contributed by atoms with van der Waals surface area (Å²) in [7, 11) is 1.47. The van der Waals surface area contributed by atoms with Crippen molar-refractivity contribution in [2.45, 2.75) is 25.9 Å². The van der Waals surface area contributed by atoms with Crippen molar-refractivity contribution < 1.29 is 19.7 Å². The topological polar surface area (TPSA) is 78.8 Å². The molecule has 0 radical (unpaired) electrons. The average Bonchev–Trinajstić information content (AvgIpc) is 2.55. The third-order valence-corrected chi connectivity index (χ3v) is 3.63. The van der Waals surface area contributed by atoms with Crippen molar-refractivity contribution in [2.24, 2.45) is 0 Å². The summed E-state index contributed by atoms with van der Waals surface area (Å²) in [6.07, 6.45) is -1.40. The summed E-state index contributed by atoms with van der Waals surface area (Å²) in [4.78, 5) is 12.3. The van der Waals surface area contributed by atoms with Gasteiger partial charge in [-0.25, -0.2) is 0 Å². The minimum atomic E-state index is -1.40. The predicted octanol–water partition coefficient (Wildman–Crippen LogP) is 3.20. The van der Waals surface area contributed by atoms with E-state index in [4.69, 9.17) is 4.74 Å². The van der Waals surface area contributed by atoms with E-state index < -0.39 is 12.0 Å². The minimum absolute atomic E-state index is 0.0463. The molecule has 0 aliphatic heterocycles. The first-order valence-corrected chi connectivity index (χ1v) is 7.38. The number of aliphatic hydroxyl groups is 1. The Bertz CT molecular complexity index is 697. The van der Waals surface area contributed by atoms with Crippen LogP contribution in [0.1, 0.15) is 37.0 Å². The fraction of sp³-hybridized carbons (Fsp3) is 0.278. The van der Waals surface area contributed by atoms with Crippen LogP contribution in [0.5, 0.6) is 11.5 Å². The number of methoxy groups -OCH3 is 1. The number of hydrogen-bond donors (Lipinski definition) is 3. The van der Waals surface area contributed by atoms with Crippen molar-refractivity contribution in [1.82, 2.24) is 0 Å². The van der Waals surface area contributed by atoms with E-state index in [1.165, 1.54) is 13.2 Å². The van der Waals surface area contributed by atoms with E-state index >= 15 is 0 Å². The van der Waals surface area contributed by atoms with E-state index in [1.807, 2.05) is 13.8 Å². The molecule has 0 fully saturated rings. The Kier molecular flexibility index (Phi) is 5.24. The minimum Gasteiger partial charge on any atom is -0.506 e. The van der Waals surface area contributed by atoms with Crippen LogP contribution in [-0.4, -0.2) is 23.2 Å². The van der Waals surface area contributed by atoms with Crippen molar-refractivity contribution in [3.63, 3.8) is 0 Å². The third kappa shape index (κ3) is 3.81. The molecule has 1 amide bonds. The van der Waals surface area contributed by atoms with E-state index in [9.17, 15) is 15.0 Å². The molecule has 0 saturated carbocycles. The van der Waals surface area contributed by atoms with Crippen molar-refractivity contribution in [3.05, 3.63) is 53.6 Å². The van der Waals surface area contributed by atoms with Crippen molar-refractivity contribution in [2.75, 3.05) is 12.4 Å². The van der Waals surface area contributed by atoms with Crippen molar-refractivity contribution >= 4 is 11.6 Å². The molecule has 3 N–H and O–H groups in total. The quantitative estimate of drug-likeness (QED) is 0.740. The van der Waals surface area contributed by atoms with Crippen LogP contribution in [0.4, 0.5) is 5.69 Å². The molecule has 2 aromatic rings. The first-order chi connectivity index (χ1) is 10.9. The number of aliphatic hydroxyl groups excluding tert-OH is 1. The zero-order chi connectivity index (χ0) is 17.0. The van der Waals surface area contributed by atoms with Crippen LogP contribution in [0.25, 0.3) is 0 Å². The first-order valence-electron chi connectivity index (χ1n) is 7.38. The molecule has 2 aromatic carbocycles. The second-order valence-corrected chi connectivity index (χ2v) is 5.57. The van der Waals surface area contributed by atoms with Crippen LogP contribution >= 0.6 is 0 Å². The molecule has 0 heterocycles. The second kappa shape index (κ2) is 7.15. The molecule has 2 rings (SSSR count). The lowest BCUT2D eigenvalue weighted by Gasteiger charge is -2.16. The Hall–Kier alpha value is -2.53. The highest BCUT2D eigenvalue weighted by Crippen LogP contribution is 2.30. The first kappa shape index (κ1) is 16.8. The van der Waals surface area contributed by atoms with Gasteiger partial charge in [-0.3, -0.25) is 4.79 Å². The Balaban J connectivity index is 2.23. The van der Waals surface area contributed by atoms with Gasteiger partial charge in [0.15, 0.2) is 6.10 Å². The van der Waals surface area contributed by atoms with Gasteiger partial charge in [-0.15, -0.1) is 0 Å². The van der Waals surface area contributed by atoms with Gasteiger partial charge in [0.1, 0.15) is 11.5 Å². The molecule has 1 atom stereocenters. The highest BCUT2D eigenvalue weighted by atomic mass is 16.5. The van der Waals surface area contributed by atoms with E-state index in [2.05, 4.69) is 5.32 Å².